The van der Waals surface area contributed by atoms with E-state index in [2.05, 4.69) is 258 Å². The minimum absolute atomic E-state index is 0.541. The Morgan fingerprint density at radius 3 is 1.18 bits per heavy atom. The van der Waals surface area contributed by atoms with Crippen LogP contribution in [0.1, 0.15) is 0 Å². The molecule has 0 aliphatic carbocycles. The molecular formula is C69H41N5S2. The normalized spacial score (nSPS) is 11.9. The average molecular weight is 1000 g/mol. The predicted octanol–water partition coefficient (Wildman–Crippen LogP) is 19.1. The van der Waals surface area contributed by atoms with Gasteiger partial charge < -0.3 is 0 Å². The van der Waals surface area contributed by atoms with Crippen LogP contribution in [0.15, 0.2) is 249 Å². The first-order valence-electron chi connectivity index (χ1n) is 25.6. The van der Waals surface area contributed by atoms with Gasteiger partial charge >= 0.3 is 0 Å². The average Bonchev–Trinajstić information content (AvgIpc) is 4.28. The molecule has 5 nitrogen and oxygen atoms in total. The molecule has 0 bridgehead atoms. The van der Waals surface area contributed by atoms with E-state index in [4.69, 9.17) is 15.0 Å². The molecule has 0 N–H and O–H groups in total. The van der Waals surface area contributed by atoms with Gasteiger partial charge in [0.15, 0.2) is 5.82 Å². The topological polar surface area (TPSA) is 48.5 Å². The fourth-order valence-electron chi connectivity index (χ4n) is 11.7. The molecule has 5 heterocycles. The fraction of sp³-hybridized carbons (Fsp3) is 0. The molecule has 16 aromatic rings. The van der Waals surface area contributed by atoms with Crippen molar-refractivity contribution in [1.82, 2.24) is 24.1 Å². The zero-order valence-electron chi connectivity index (χ0n) is 40.7. The summed E-state index contributed by atoms with van der Waals surface area (Å²) in [6, 6.07) is 89.9. The van der Waals surface area contributed by atoms with Crippen molar-refractivity contribution in [1.29, 1.82) is 0 Å². The highest BCUT2D eigenvalue weighted by Gasteiger charge is 2.22. The first-order chi connectivity index (χ1) is 37.6. The van der Waals surface area contributed by atoms with Crippen molar-refractivity contribution in [3.63, 3.8) is 0 Å². The Morgan fingerprint density at radius 2 is 0.632 bits per heavy atom. The van der Waals surface area contributed by atoms with Crippen LogP contribution >= 0.6 is 22.7 Å². The van der Waals surface area contributed by atoms with Crippen LogP contribution in [0.2, 0.25) is 0 Å². The SMILES string of the molecule is c1ccc(-c2ccccc2-c2cccc(-c3nc(-n4c5ccccc5c5cc(-c6ccc7sc8ccccc8c7c6)ccc54)nc(-n4c5ccccc5c5cc(-c6ccc7sc8ccccc8c7c6)ccc54)n3)c2)cc1. The molecule has 7 heteroatoms. The van der Waals surface area contributed by atoms with Crippen molar-refractivity contribution in [3.8, 4) is 67.8 Å². The van der Waals surface area contributed by atoms with E-state index in [9.17, 15) is 0 Å². The van der Waals surface area contributed by atoms with E-state index in [1.807, 2.05) is 22.7 Å². The molecule has 0 fully saturated rings. The highest BCUT2D eigenvalue weighted by Crippen LogP contribution is 2.42. The van der Waals surface area contributed by atoms with Gasteiger partial charge in [0.2, 0.25) is 11.9 Å². The van der Waals surface area contributed by atoms with E-state index in [1.165, 1.54) is 62.6 Å². The van der Waals surface area contributed by atoms with Gasteiger partial charge in [-0.3, -0.25) is 9.13 Å². The Labute approximate surface area is 444 Å². The number of aromatic nitrogens is 5. The molecule has 0 amide bonds. The van der Waals surface area contributed by atoms with E-state index >= 15 is 0 Å². The Morgan fingerprint density at radius 1 is 0.237 bits per heavy atom. The van der Waals surface area contributed by atoms with Crippen LogP contribution in [0.3, 0.4) is 0 Å². The van der Waals surface area contributed by atoms with Crippen molar-refractivity contribution in [2.45, 2.75) is 0 Å². The number of fused-ring (bicyclic) bond motifs is 12. The second kappa shape index (κ2) is 17.0. The third-order valence-electron chi connectivity index (χ3n) is 15.2. The summed E-state index contributed by atoms with van der Waals surface area (Å²) in [5, 5.41) is 9.67. The van der Waals surface area contributed by atoms with E-state index < -0.39 is 0 Å². The summed E-state index contributed by atoms with van der Waals surface area (Å²) in [5.74, 6) is 1.66. The maximum atomic E-state index is 5.56. The van der Waals surface area contributed by atoms with Gasteiger partial charge in [0.25, 0.3) is 0 Å². The van der Waals surface area contributed by atoms with E-state index in [0.29, 0.717) is 17.7 Å². The van der Waals surface area contributed by atoms with Crippen molar-refractivity contribution in [3.05, 3.63) is 249 Å². The van der Waals surface area contributed by atoms with Crippen LogP contribution in [0.25, 0.3) is 152 Å². The highest BCUT2D eigenvalue weighted by molar-refractivity contribution is 7.26. The molecule has 0 atom stereocenters. The van der Waals surface area contributed by atoms with Gasteiger partial charge in [0.05, 0.1) is 22.1 Å². The monoisotopic (exact) mass is 1000 g/mol. The summed E-state index contributed by atoms with van der Waals surface area (Å²) in [7, 11) is 0. The smallest absolute Gasteiger partial charge is 0.240 e. The summed E-state index contributed by atoms with van der Waals surface area (Å²) in [5.41, 5.74) is 14.2. The number of hydrogen-bond donors (Lipinski definition) is 0. The molecule has 11 aromatic carbocycles. The van der Waals surface area contributed by atoms with Crippen LogP contribution < -0.4 is 0 Å². The second-order valence-corrected chi connectivity index (χ2v) is 21.7. The van der Waals surface area contributed by atoms with Crippen molar-refractivity contribution in [2.24, 2.45) is 0 Å². The lowest BCUT2D eigenvalue weighted by Gasteiger charge is -2.14. The van der Waals surface area contributed by atoms with Gasteiger partial charge in [-0.15, -0.1) is 22.7 Å². The van der Waals surface area contributed by atoms with E-state index in [-0.39, 0.29) is 0 Å². The molecule has 16 rings (SSSR count). The fourth-order valence-corrected chi connectivity index (χ4v) is 13.8. The van der Waals surface area contributed by atoms with Crippen LogP contribution in [-0.4, -0.2) is 24.1 Å². The molecule has 0 spiro atoms. The molecule has 0 saturated carbocycles. The summed E-state index contributed by atoms with van der Waals surface area (Å²) in [4.78, 5) is 16.5. The molecule has 0 saturated heterocycles. The zero-order valence-corrected chi connectivity index (χ0v) is 42.4. The van der Waals surface area contributed by atoms with Crippen molar-refractivity contribution in [2.75, 3.05) is 0 Å². The van der Waals surface area contributed by atoms with Gasteiger partial charge in [-0.2, -0.15) is 15.0 Å². The Hall–Kier alpha value is -9.53. The molecule has 354 valence electrons. The number of nitrogens with zero attached hydrogens (tertiary/aromatic N) is 5. The van der Waals surface area contributed by atoms with Crippen molar-refractivity contribution >= 4 is 107 Å². The number of para-hydroxylation sites is 2. The standard InChI is InChI=1S/C69H41N5S2/c1-2-15-42(16-3-1)49-19-4-5-20-50(49)47-17-14-18-48(37-47)67-70-68(73-59-25-10-6-21-51(59)55-38-43(29-33-61(55)73)45-31-35-65-57(40-45)53-23-8-12-27-63(53)75-65)72-69(71-67)74-60-26-11-7-22-52(60)56-39-44(30-34-62(56)74)46-32-36-66-58(41-46)54-24-9-13-28-64(54)76-66/h1-41H. The Balaban J connectivity index is 0.908. The third kappa shape index (κ3) is 6.80. The summed E-state index contributed by atoms with van der Waals surface area (Å²) < 4.78 is 9.65. The Kier molecular flexibility index (Phi) is 9.61. The minimum atomic E-state index is 0.541. The molecular weight excluding hydrogens is 963 g/mol. The van der Waals surface area contributed by atoms with Gasteiger partial charge in [-0.25, -0.2) is 0 Å². The van der Waals surface area contributed by atoms with Crippen LogP contribution in [-0.2, 0) is 0 Å². The number of thiophene rings is 2. The molecule has 0 unspecified atom stereocenters. The number of benzene rings is 11. The summed E-state index contributed by atoms with van der Waals surface area (Å²) >= 11 is 3.69. The quantitative estimate of drug-likeness (QED) is 0.160. The van der Waals surface area contributed by atoms with E-state index in [1.54, 1.807) is 0 Å². The second-order valence-electron chi connectivity index (χ2n) is 19.5. The minimum Gasteiger partial charge on any atom is -0.278 e. The lowest BCUT2D eigenvalue weighted by Crippen LogP contribution is -2.10. The first-order valence-corrected chi connectivity index (χ1v) is 27.2. The molecule has 0 radical (unpaired) electrons. The lowest BCUT2D eigenvalue weighted by molar-refractivity contribution is 0.893. The molecule has 5 aromatic heterocycles. The van der Waals surface area contributed by atoms with E-state index in [0.717, 1.165) is 71.4 Å². The predicted molar refractivity (Wildman–Crippen MR) is 321 cm³/mol. The largest absolute Gasteiger partial charge is 0.278 e. The van der Waals surface area contributed by atoms with Gasteiger partial charge in [-0.05, 0) is 123 Å². The summed E-state index contributed by atoms with van der Waals surface area (Å²) in [6.07, 6.45) is 0. The first kappa shape index (κ1) is 42.9. The van der Waals surface area contributed by atoms with Gasteiger partial charge in [0, 0.05) is 67.5 Å². The highest BCUT2D eigenvalue weighted by atomic mass is 32.1. The number of rotatable bonds is 7. The molecule has 76 heavy (non-hydrogen) atoms. The lowest BCUT2D eigenvalue weighted by atomic mass is 9.94. The van der Waals surface area contributed by atoms with Crippen LogP contribution in [0.5, 0.6) is 0 Å². The molecule has 0 aliphatic rings. The molecule has 0 aliphatic heterocycles. The Bertz CT molecular complexity index is 4770. The van der Waals surface area contributed by atoms with Gasteiger partial charge in [0.1, 0.15) is 0 Å². The third-order valence-corrected chi connectivity index (χ3v) is 17.5. The maximum Gasteiger partial charge on any atom is 0.240 e. The summed E-state index contributed by atoms with van der Waals surface area (Å²) in [6.45, 7) is 0. The van der Waals surface area contributed by atoms with Gasteiger partial charge in [-0.1, -0.05) is 170 Å². The number of hydrogen-bond acceptors (Lipinski definition) is 5. The van der Waals surface area contributed by atoms with Crippen LogP contribution in [0.4, 0.5) is 0 Å². The zero-order chi connectivity index (χ0) is 49.8. The van der Waals surface area contributed by atoms with Crippen LogP contribution in [0, 0.1) is 0 Å². The van der Waals surface area contributed by atoms with Crippen molar-refractivity contribution < 1.29 is 0 Å². The maximum absolute atomic E-state index is 5.56.